The smallest absolute Gasteiger partial charge is 0.156 e. The Hall–Kier alpha value is -0.180. The van der Waals surface area contributed by atoms with E-state index >= 15 is 0 Å². The number of hydrogen-bond acceptors (Lipinski definition) is 2. The molecule has 0 aromatic carbocycles. The quantitative estimate of drug-likeness (QED) is 0.761. The van der Waals surface area contributed by atoms with Gasteiger partial charge in [0.1, 0.15) is 0 Å². The van der Waals surface area contributed by atoms with E-state index in [-0.39, 0.29) is 0 Å². The summed E-state index contributed by atoms with van der Waals surface area (Å²) in [5.41, 5.74) is 0. The zero-order chi connectivity index (χ0) is 10.8. The first-order valence-corrected chi connectivity index (χ1v) is 7.84. The van der Waals surface area contributed by atoms with Crippen molar-refractivity contribution in [3.63, 3.8) is 0 Å². The lowest BCUT2D eigenvalue weighted by Gasteiger charge is -2.28. The number of aliphatic imine (C=N–C) groups is 1. The molecule has 0 bridgehead atoms. The first-order valence-electron chi connectivity index (χ1n) is 6.85. The third-order valence-electron chi connectivity index (χ3n) is 4.12. The molecule has 2 unspecified atom stereocenters. The van der Waals surface area contributed by atoms with E-state index in [1.807, 2.05) is 11.8 Å². The number of nitrogens with zero attached hydrogens (tertiary/aromatic N) is 1. The number of amidine groups is 1. The van der Waals surface area contributed by atoms with Crippen LogP contribution in [0.25, 0.3) is 0 Å². The van der Waals surface area contributed by atoms with Crippen LogP contribution in [0.1, 0.15) is 44.9 Å². The maximum absolute atomic E-state index is 4.71. The zero-order valence-electron chi connectivity index (χ0n) is 9.95. The van der Waals surface area contributed by atoms with Crippen molar-refractivity contribution in [2.24, 2.45) is 16.8 Å². The van der Waals surface area contributed by atoms with Crippen molar-refractivity contribution >= 4 is 16.9 Å². The van der Waals surface area contributed by atoms with Gasteiger partial charge in [0.25, 0.3) is 0 Å². The van der Waals surface area contributed by atoms with Crippen molar-refractivity contribution in [2.45, 2.75) is 51.0 Å². The molecule has 0 radical (unpaired) electrons. The van der Waals surface area contributed by atoms with E-state index in [2.05, 4.69) is 5.32 Å². The molecule has 2 aliphatic carbocycles. The third-order valence-corrected chi connectivity index (χ3v) is 5.24. The molecule has 2 saturated carbocycles. The Balaban J connectivity index is 1.41. The van der Waals surface area contributed by atoms with Crippen molar-refractivity contribution in [1.82, 2.24) is 5.32 Å². The van der Waals surface area contributed by atoms with E-state index < -0.39 is 0 Å². The molecule has 3 heteroatoms. The molecule has 0 amide bonds. The third kappa shape index (κ3) is 2.73. The van der Waals surface area contributed by atoms with Gasteiger partial charge in [0.2, 0.25) is 0 Å². The van der Waals surface area contributed by atoms with Gasteiger partial charge in [-0.3, -0.25) is 4.99 Å². The Morgan fingerprint density at radius 2 is 2.19 bits per heavy atom. The summed E-state index contributed by atoms with van der Waals surface area (Å²) in [5.74, 6) is 3.29. The summed E-state index contributed by atoms with van der Waals surface area (Å²) in [5, 5.41) is 4.87. The number of thioether (sulfide) groups is 1. The van der Waals surface area contributed by atoms with Crippen LogP contribution in [-0.4, -0.2) is 23.5 Å². The van der Waals surface area contributed by atoms with Gasteiger partial charge in [0.15, 0.2) is 5.17 Å². The molecule has 90 valence electrons. The van der Waals surface area contributed by atoms with Crippen LogP contribution in [0.5, 0.6) is 0 Å². The standard InChI is InChI=1S/C13H22N2S/c1-4-11-9-16-13(15-12(11)5-1)14-8-2-3-10-6-7-10/h10-12H,1-9H2,(H,14,15). The molecule has 2 atom stereocenters. The molecule has 3 fully saturated rings. The zero-order valence-corrected chi connectivity index (χ0v) is 10.8. The molecular formula is C13H22N2S. The predicted molar refractivity (Wildman–Crippen MR) is 71.0 cm³/mol. The van der Waals surface area contributed by atoms with Crippen LogP contribution >= 0.6 is 11.8 Å². The second-order valence-corrected chi connectivity index (χ2v) is 6.53. The molecule has 0 aromatic heterocycles. The Morgan fingerprint density at radius 3 is 3.06 bits per heavy atom. The molecule has 1 heterocycles. The van der Waals surface area contributed by atoms with Gasteiger partial charge in [-0.25, -0.2) is 0 Å². The van der Waals surface area contributed by atoms with Crippen LogP contribution in [0.4, 0.5) is 0 Å². The molecule has 1 saturated heterocycles. The average molecular weight is 238 g/mol. The van der Waals surface area contributed by atoms with E-state index in [1.165, 1.54) is 55.9 Å². The summed E-state index contributed by atoms with van der Waals surface area (Å²) >= 11 is 1.95. The van der Waals surface area contributed by atoms with Gasteiger partial charge < -0.3 is 5.32 Å². The van der Waals surface area contributed by atoms with Crippen molar-refractivity contribution in [1.29, 1.82) is 0 Å². The summed E-state index contributed by atoms with van der Waals surface area (Å²) in [7, 11) is 0. The van der Waals surface area contributed by atoms with Crippen molar-refractivity contribution in [3.05, 3.63) is 0 Å². The number of nitrogens with one attached hydrogen (secondary N) is 1. The minimum absolute atomic E-state index is 0.753. The molecule has 2 nitrogen and oxygen atoms in total. The molecular weight excluding hydrogens is 216 g/mol. The van der Waals surface area contributed by atoms with E-state index in [1.54, 1.807) is 0 Å². The number of hydrogen-bond donors (Lipinski definition) is 1. The summed E-state index contributed by atoms with van der Waals surface area (Å²) in [4.78, 5) is 4.71. The fraction of sp³-hybridized carbons (Fsp3) is 0.923. The SMILES string of the molecule is C(CN=C1NC2CCCC2CS1)CC1CC1. The van der Waals surface area contributed by atoms with Crippen LogP contribution in [0.3, 0.4) is 0 Å². The summed E-state index contributed by atoms with van der Waals surface area (Å²) < 4.78 is 0. The highest BCUT2D eigenvalue weighted by Gasteiger charge is 2.31. The van der Waals surface area contributed by atoms with E-state index in [4.69, 9.17) is 4.99 Å². The Morgan fingerprint density at radius 1 is 1.25 bits per heavy atom. The first-order chi connectivity index (χ1) is 7.92. The Kier molecular flexibility index (Phi) is 3.41. The largest absolute Gasteiger partial charge is 0.362 e. The Labute approximate surface area is 103 Å². The molecule has 1 N–H and O–H groups in total. The molecule has 16 heavy (non-hydrogen) atoms. The maximum Gasteiger partial charge on any atom is 0.156 e. The second-order valence-electron chi connectivity index (χ2n) is 5.53. The van der Waals surface area contributed by atoms with Crippen molar-refractivity contribution < 1.29 is 0 Å². The Bertz CT molecular complexity index is 273. The first kappa shape index (κ1) is 10.9. The number of rotatable bonds is 4. The predicted octanol–water partition coefficient (Wildman–Crippen LogP) is 3.04. The van der Waals surface area contributed by atoms with Crippen molar-refractivity contribution in [2.75, 3.05) is 12.3 Å². The van der Waals surface area contributed by atoms with Crippen LogP contribution in [0.2, 0.25) is 0 Å². The van der Waals surface area contributed by atoms with Gasteiger partial charge in [-0.15, -0.1) is 0 Å². The molecule has 1 aliphatic heterocycles. The topological polar surface area (TPSA) is 24.4 Å². The van der Waals surface area contributed by atoms with Gasteiger partial charge >= 0.3 is 0 Å². The molecule has 0 aromatic rings. The van der Waals surface area contributed by atoms with Gasteiger partial charge in [-0.2, -0.15) is 0 Å². The lowest BCUT2D eigenvalue weighted by molar-refractivity contribution is 0.489. The molecule has 3 rings (SSSR count). The minimum Gasteiger partial charge on any atom is -0.362 e. The number of fused-ring (bicyclic) bond motifs is 1. The highest BCUT2D eigenvalue weighted by atomic mass is 32.2. The van der Waals surface area contributed by atoms with Crippen LogP contribution < -0.4 is 5.32 Å². The fourth-order valence-corrected chi connectivity index (χ4v) is 4.06. The molecule has 0 spiro atoms. The van der Waals surface area contributed by atoms with Crippen molar-refractivity contribution in [3.8, 4) is 0 Å². The summed E-state index contributed by atoms with van der Waals surface area (Å²) in [6, 6.07) is 0.753. The van der Waals surface area contributed by atoms with Crippen LogP contribution in [-0.2, 0) is 0 Å². The monoisotopic (exact) mass is 238 g/mol. The highest BCUT2D eigenvalue weighted by Crippen LogP contribution is 2.34. The maximum atomic E-state index is 4.71. The minimum atomic E-state index is 0.753. The normalized spacial score (nSPS) is 36.1. The van der Waals surface area contributed by atoms with Gasteiger partial charge in [-0.1, -0.05) is 31.0 Å². The summed E-state index contributed by atoms with van der Waals surface area (Å²) in [6.45, 7) is 1.04. The van der Waals surface area contributed by atoms with E-state index in [0.717, 1.165) is 24.4 Å². The van der Waals surface area contributed by atoms with E-state index in [0.29, 0.717) is 0 Å². The summed E-state index contributed by atoms with van der Waals surface area (Å²) in [6.07, 6.45) is 9.88. The van der Waals surface area contributed by atoms with E-state index in [9.17, 15) is 0 Å². The lowest BCUT2D eigenvalue weighted by atomic mass is 10.1. The van der Waals surface area contributed by atoms with Gasteiger partial charge in [0.05, 0.1) is 0 Å². The highest BCUT2D eigenvalue weighted by molar-refractivity contribution is 8.13. The molecule has 3 aliphatic rings. The van der Waals surface area contributed by atoms with Crippen LogP contribution in [0.15, 0.2) is 4.99 Å². The van der Waals surface area contributed by atoms with Crippen LogP contribution in [0, 0.1) is 11.8 Å². The average Bonchev–Trinajstić information content (AvgIpc) is 3.01. The van der Waals surface area contributed by atoms with Gasteiger partial charge in [-0.05, 0) is 37.5 Å². The van der Waals surface area contributed by atoms with Gasteiger partial charge in [0, 0.05) is 18.3 Å². The lowest BCUT2D eigenvalue weighted by Crippen LogP contribution is -2.41. The second kappa shape index (κ2) is 4.99. The fourth-order valence-electron chi connectivity index (χ4n) is 2.87.